The fraction of sp³-hybridized carbons (Fsp3) is 0.647. The van der Waals surface area contributed by atoms with Gasteiger partial charge in [0.25, 0.3) is 0 Å². The molecule has 2 atom stereocenters. The van der Waals surface area contributed by atoms with Crippen LogP contribution in [0.2, 0.25) is 0 Å². The van der Waals surface area contributed by atoms with Gasteiger partial charge in [-0.15, -0.1) is 0 Å². The first-order valence-corrected chi connectivity index (χ1v) is 7.72. The van der Waals surface area contributed by atoms with Gasteiger partial charge in [-0.3, -0.25) is 0 Å². The smallest absolute Gasteiger partial charge is 0.119 e. The van der Waals surface area contributed by atoms with Gasteiger partial charge in [0.1, 0.15) is 12.4 Å². The number of hydrogen-bond acceptors (Lipinski definition) is 2. The van der Waals surface area contributed by atoms with Crippen molar-refractivity contribution in [1.29, 1.82) is 0 Å². The maximum absolute atomic E-state index is 5.78. The van der Waals surface area contributed by atoms with Crippen molar-refractivity contribution in [2.45, 2.75) is 52.0 Å². The molecular formula is C17H27NO. The summed E-state index contributed by atoms with van der Waals surface area (Å²) in [4.78, 5) is 0. The van der Waals surface area contributed by atoms with Crippen LogP contribution >= 0.6 is 0 Å². The Morgan fingerprint density at radius 2 is 2.11 bits per heavy atom. The predicted octanol–water partition coefficient (Wildman–Crippen LogP) is 3.93. The van der Waals surface area contributed by atoms with Crippen LogP contribution in [0.4, 0.5) is 0 Å². The van der Waals surface area contributed by atoms with Gasteiger partial charge in [-0.25, -0.2) is 0 Å². The molecule has 0 heterocycles. The summed E-state index contributed by atoms with van der Waals surface area (Å²) in [5, 5.41) is 3.68. The summed E-state index contributed by atoms with van der Waals surface area (Å²) < 4.78 is 5.78. The van der Waals surface area contributed by atoms with E-state index in [1.54, 1.807) is 0 Å². The lowest BCUT2D eigenvalue weighted by Gasteiger charge is -2.31. The molecule has 0 aromatic heterocycles. The Morgan fingerprint density at radius 3 is 2.89 bits per heavy atom. The minimum absolute atomic E-state index is 0.708. The lowest BCUT2D eigenvalue weighted by Crippen LogP contribution is -2.40. The van der Waals surface area contributed by atoms with Gasteiger partial charge in [0.15, 0.2) is 0 Å². The van der Waals surface area contributed by atoms with Gasteiger partial charge in [0, 0.05) is 12.6 Å². The first kappa shape index (κ1) is 14.4. The molecule has 2 unspecified atom stereocenters. The quantitative estimate of drug-likeness (QED) is 0.783. The van der Waals surface area contributed by atoms with Gasteiger partial charge < -0.3 is 10.1 Å². The van der Waals surface area contributed by atoms with Crippen LogP contribution in [-0.4, -0.2) is 19.2 Å². The van der Waals surface area contributed by atoms with Crippen molar-refractivity contribution < 1.29 is 4.74 Å². The van der Waals surface area contributed by atoms with Crippen LogP contribution in [-0.2, 0) is 0 Å². The second-order valence-electron chi connectivity index (χ2n) is 5.68. The zero-order valence-electron chi connectivity index (χ0n) is 12.3. The zero-order valence-corrected chi connectivity index (χ0v) is 12.3. The van der Waals surface area contributed by atoms with E-state index in [1.807, 2.05) is 12.1 Å². The Hall–Kier alpha value is -1.02. The van der Waals surface area contributed by atoms with E-state index in [2.05, 4.69) is 31.3 Å². The summed E-state index contributed by atoms with van der Waals surface area (Å²) in [5.41, 5.74) is 1.25. The molecule has 1 aliphatic carbocycles. The molecule has 19 heavy (non-hydrogen) atoms. The molecule has 0 saturated heterocycles. The predicted molar refractivity (Wildman–Crippen MR) is 80.7 cm³/mol. The van der Waals surface area contributed by atoms with E-state index in [1.165, 1.54) is 37.7 Å². The molecule has 1 N–H and O–H groups in total. The molecule has 2 heteroatoms. The van der Waals surface area contributed by atoms with Crippen LogP contribution in [0.25, 0.3) is 0 Å². The number of hydrogen-bond donors (Lipinski definition) is 1. The summed E-state index contributed by atoms with van der Waals surface area (Å²) in [6, 6.07) is 8.98. The van der Waals surface area contributed by atoms with Gasteiger partial charge in [0.2, 0.25) is 0 Å². The molecular weight excluding hydrogens is 234 g/mol. The van der Waals surface area contributed by atoms with Crippen molar-refractivity contribution in [3.8, 4) is 5.75 Å². The van der Waals surface area contributed by atoms with Crippen molar-refractivity contribution in [3.63, 3.8) is 0 Å². The monoisotopic (exact) mass is 261 g/mol. The molecule has 0 aliphatic heterocycles. The summed E-state index contributed by atoms with van der Waals surface area (Å²) in [6.07, 6.45) is 6.83. The van der Waals surface area contributed by atoms with Crippen LogP contribution in [0, 0.1) is 12.8 Å². The van der Waals surface area contributed by atoms with Crippen LogP contribution in [0.3, 0.4) is 0 Å². The molecule has 0 spiro atoms. The van der Waals surface area contributed by atoms with Crippen molar-refractivity contribution in [3.05, 3.63) is 29.8 Å². The van der Waals surface area contributed by atoms with Crippen molar-refractivity contribution in [2.75, 3.05) is 13.2 Å². The summed E-state index contributed by atoms with van der Waals surface area (Å²) in [5.74, 6) is 1.85. The molecule has 0 radical (unpaired) electrons. The highest BCUT2D eigenvalue weighted by Gasteiger charge is 2.22. The second kappa shape index (κ2) is 7.54. The molecule has 106 valence electrons. The van der Waals surface area contributed by atoms with Crippen LogP contribution in [0.1, 0.15) is 44.6 Å². The van der Waals surface area contributed by atoms with Crippen molar-refractivity contribution >= 4 is 0 Å². The number of rotatable bonds is 6. The van der Waals surface area contributed by atoms with E-state index in [0.717, 1.165) is 24.8 Å². The molecule has 1 aromatic rings. The highest BCUT2D eigenvalue weighted by atomic mass is 16.5. The third-order valence-electron chi connectivity index (χ3n) is 4.20. The molecule has 1 aromatic carbocycles. The van der Waals surface area contributed by atoms with Gasteiger partial charge >= 0.3 is 0 Å². The Morgan fingerprint density at radius 1 is 1.26 bits per heavy atom. The van der Waals surface area contributed by atoms with E-state index in [-0.39, 0.29) is 0 Å². The Balaban J connectivity index is 1.68. The number of benzene rings is 1. The lowest BCUT2D eigenvalue weighted by atomic mass is 9.83. The number of nitrogens with one attached hydrogen (secondary N) is 1. The first-order valence-electron chi connectivity index (χ1n) is 7.72. The standard InChI is InChI=1S/C17H27NO/c1-3-15-8-4-5-10-17(15)18-11-12-19-16-9-6-7-14(2)13-16/h6-7,9,13,15,17-18H,3-5,8,10-12H2,1-2H3. The Kier molecular flexibility index (Phi) is 5.71. The molecule has 1 saturated carbocycles. The SMILES string of the molecule is CCC1CCCCC1NCCOc1cccc(C)c1. The highest BCUT2D eigenvalue weighted by molar-refractivity contribution is 5.27. The zero-order chi connectivity index (χ0) is 13.5. The van der Waals surface area contributed by atoms with E-state index in [0.29, 0.717) is 6.04 Å². The molecule has 0 amide bonds. The van der Waals surface area contributed by atoms with Crippen LogP contribution < -0.4 is 10.1 Å². The number of aryl methyl sites for hydroxylation is 1. The van der Waals surface area contributed by atoms with E-state index in [4.69, 9.17) is 4.74 Å². The summed E-state index contributed by atoms with van der Waals surface area (Å²) in [6.45, 7) is 6.12. The fourth-order valence-electron chi connectivity index (χ4n) is 3.08. The Labute approximate surface area is 117 Å². The average molecular weight is 261 g/mol. The first-order chi connectivity index (χ1) is 9.29. The van der Waals surface area contributed by atoms with Gasteiger partial charge in [0.05, 0.1) is 0 Å². The van der Waals surface area contributed by atoms with Crippen molar-refractivity contribution in [2.24, 2.45) is 5.92 Å². The van der Waals surface area contributed by atoms with Gasteiger partial charge in [-0.05, 0) is 43.4 Å². The van der Waals surface area contributed by atoms with Crippen molar-refractivity contribution in [1.82, 2.24) is 5.32 Å². The number of ether oxygens (including phenoxy) is 1. The average Bonchev–Trinajstić information content (AvgIpc) is 2.44. The van der Waals surface area contributed by atoms with Gasteiger partial charge in [-0.2, -0.15) is 0 Å². The molecule has 1 aliphatic rings. The Bertz CT molecular complexity index is 377. The maximum atomic E-state index is 5.78. The van der Waals surface area contributed by atoms with Crippen LogP contribution in [0.15, 0.2) is 24.3 Å². The normalized spacial score (nSPS) is 23.3. The summed E-state index contributed by atoms with van der Waals surface area (Å²) >= 11 is 0. The maximum Gasteiger partial charge on any atom is 0.119 e. The molecule has 2 nitrogen and oxygen atoms in total. The molecule has 1 fully saturated rings. The minimum Gasteiger partial charge on any atom is -0.492 e. The van der Waals surface area contributed by atoms with E-state index < -0.39 is 0 Å². The lowest BCUT2D eigenvalue weighted by molar-refractivity contribution is 0.235. The third kappa shape index (κ3) is 4.54. The van der Waals surface area contributed by atoms with Gasteiger partial charge in [-0.1, -0.05) is 38.3 Å². The molecule has 0 bridgehead atoms. The third-order valence-corrected chi connectivity index (χ3v) is 4.20. The fourth-order valence-corrected chi connectivity index (χ4v) is 3.08. The highest BCUT2D eigenvalue weighted by Crippen LogP contribution is 2.26. The second-order valence-corrected chi connectivity index (χ2v) is 5.68. The van der Waals surface area contributed by atoms with E-state index >= 15 is 0 Å². The van der Waals surface area contributed by atoms with Crippen LogP contribution in [0.5, 0.6) is 5.75 Å². The topological polar surface area (TPSA) is 21.3 Å². The molecule has 2 rings (SSSR count). The van der Waals surface area contributed by atoms with E-state index in [9.17, 15) is 0 Å². The minimum atomic E-state index is 0.708. The largest absolute Gasteiger partial charge is 0.492 e. The summed E-state index contributed by atoms with van der Waals surface area (Å²) in [7, 11) is 0.